The Kier molecular flexibility index (Phi) is 5.18. The van der Waals surface area contributed by atoms with E-state index in [1.54, 1.807) is 10.7 Å². The molecule has 0 aliphatic carbocycles. The van der Waals surface area contributed by atoms with E-state index in [2.05, 4.69) is 26.4 Å². The third-order valence-corrected chi connectivity index (χ3v) is 4.90. The maximum absolute atomic E-state index is 12.5. The topological polar surface area (TPSA) is 100 Å². The number of carbonyl (C=O) groups is 2. The third kappa shape index (κ3) is 4.22. The quantitative estimate of drug-likeness (QED) is 0.548. The number of benzene rings is 2. The van der Waals surface area contributed by atoms with Crippen molar-refractivity contribution in [2.24, 2.45) is 0 Å². The number of nitrogens with zero attached hydrogens (tertiary/aromatic N) is 2. The van der Waals surface area contributed by atoms with E-state index in [4.69, 9.17) is 0 Å². The first-order valence-electron chi connectivity index (χ1n) is 9.62. The summed E-state index contributed by atoms with van der Waals surface area (Å²) in [5.41, 5.74) is 1.78. The number of urea groups is 1. The second-order valence-electron chi connectivity index (χ2n) is 7.30. The molecule has 8 heteroatoms. The van der Waals surface area contributed by atoms with E-state index in [0.717, 1.165) is 22.0 Å². The van der Waals surface area contributed by atoms with Gasteiger partial charge in [-0.15, -0.1) is 0 Å². The highest BCUT2D eigenvalue weighted by molar-refractivity contribution is 5.90. The van der Waals surface area contributed by atoms with E-state index in [-0.39, 0.29) is 18.0 Å². The number of aryl methyl sites for hydroxylation is 1. The highest BCUT2D eigenvalue weighted by Gasteiger charge is 2.26. The number of fused-ring (bicyclic) bond motifs is 1. The lowest BCUT2D eigenvalue weighted by molar-refractivity contribution is -0.125. The van der Waals surface area contributed by atoms with E-state index in [1.165, 1.54) is 0 Å². The van der Waals surface area contributed by atoms with Gasteiger partial charge in [0, 0.05) is 25.1 Å². The first-order valence-corrected chi connectivity index (χ1v) is 9.62. The van der Waals surface area contributed by atoms with E-state index in [0.29, 0.717) is 18.8 Å². The summed E-state index contributed by atoms with van der Waals surface area (Å²) in [4.78, 5) is 24.4. The summed E-state index contributed by atoms with van der Waals surface area (Å²) >= 11 is 0. The number of anilines is 1. The second kappa shape index (κ2) is 7.92. The second-order valence-corrected chi connectivity index (χ2v) is 7.30. The molecule has 1 fully saturated rings. The fourth-order valence-corrected chi connectivity index (χ4v) is 3.58. The minimum Gasteiger partial charge on any atom is -0.334 e. The predicted molar refractivity (Wildman–Crippen MR) is 111 cm³/mol. The standard InChI is InChI=1S/C21H24N6O2/c1-13-11-19(28)25-20(23-13)27-18(10-14(2)26-27)24-21(29)22-12-16-8-5-7-15-6-3-4-9-17(15)16/h3-10,13,20,23H,11-12H2,1-2H3,(H,25,28)(H2,22,24,29). The molecule has 0 radical (unpaired) electrons. The van der Waals surface area contributed by atoms with E-state index in [9.17, 15) is 9.59 Å². The average Bonchev–Trinajstić information content (AvgIpc) is 3.05. The summed E-state index contributed by atoms with van der Waals surface area (Å²) in [5, 5.41) is 18.5. The molecule has 0 spiro atoms. The van der Waals surface area contributed by atoms with Crippen molar-refractivity contribution in [1.82, 2.24) is 25.7 Å². The Morgan fingerprint density at radius 2 is 2.03 bits per heavy atom. The zero-order valence-corrected chi connectivity index (χ0v) is 16.4. The molecule has 150 valence electrons. The monoisotopic (exact) mass is 392 g/mol. The van der Waals surface area contributed by atoms with Gasteiger partial charge in [-0.1, -0.05) is 42.5 Å². The van der Waals surface area contributed by atoms with Crippen LogP contribution < -0.4 is 21.3 Å². The molecule has 8 nitrogen and oxygen atoms in total. The summed E-state index contributed by atoms with van der Waals surface area (Å²) in [6.07, 6.45) is -0.0984. The first kappa shape index (κ1) is 18.9. The van der Waals surface area contributed by atoms with Gasteiger partial charge in [-0.2, -0.15) is 5.10 Å². The Balaban J connectivity index is 1.45. The molecule has 4 rings (SSSR count). The van der Waals surface area contributed by atoms with Crippen LogP contribution in [0.25, 0.3) is 10.8 Å². The van der Waals surface area contributed by atoms with Crippen LogP contribution in [0, 0.1) is 6.92 Å². The van der Waals surface area contributed by atoms with E-state index < -0.39 is 6.29 Å². The molecule has 3 aromatic rings. The lowest BCUT2D eigenvalue weighted by atomic mass is 10.0. The fraction of sp³-hybridized carbons (Fsp3) is 0.286. The number of carbonyl (C=O) groups excluding carboxylic acids is 2. The van der Waals surface area contributed by atoms with Crippen LogP contribution >= 0.6 is 0 Å². The number of amides is 3. The van der Waals surface area contributed by atoms with Crippen molar-refractivity contribution in [3.05, 3.63) is 59.8 Å². The Labute approximate surface area is 168 Å². The summed E-state index contributed by atoms with van der Waals surface area (Å²) < 4.78 is 1.58. The van der Waals surface area contributed by atoms with Gasteiger partial charge in [0.25, 0.3) is 0 Å². The van der Waals surface area contributed by atoms with Gasteiger partial charge in [-0.3, -0.25) is 15.4 Å². The van der Waals surface area contributed by atoms with E-state index >= 15 is 0 Å². The Bertz CT molecular complexity index is 1060. The first-order chi connectivity index (χ1) is 14.0. The molecule has 1 saturated heterocycles. The van der Waals surface area contributed by atoms with Crippen molar-refractivity contribution in [3.63, 3.8) is 0 Å². The van der Waals surface area contributed by atoms with Crippen LogP contribution in [0.4, 0.5) is 10.6 Å². The molecule has 1 aliphatic heterocycles. The molecule has 2 aromatic carbocycles. The van der Waals surface area contributed by atoms with Crippen LogP contribution in [0.3, 0.4) is 0 Å². The minimum atomic E-state index is -0.506. The molecule has 0 bridgehead atoms. The Hall–Kier alpha value is -3.39. The molecule has 4 N–H and O–H groups in total. The van der Waals surface area contributed by atoms with Gasteiger partial charge < -0.3 is 10.6 Å². The summed E-state index contributed by atoms with van der Waals surface area (Å²) in [5.74, 6) is 0.450. The van der Waals surface area contributed by atoms with Crippen LogP contribution in [0.5, 0.6) is 0 Å². The number of hydrogen-bond donors (Lipinski definition) is 4. The largest absolute Gasteiger partial charge is 0.334 e. The molecule has 29 heavy (non-hydrogen) atoms. The van der Waals surface area contributed by atoms with Crippen molar-refractivity contribution in [2.45, 2.75) is 39.1 Å². The molecule has 2 heterocycles. The van der Waals surface area contributed by atoms with Gasteiger partial charge >= 0.3 is 6.03 Å². The van der Waals surface area contributed by atoms with E-state index in [1.807, 2.05) is 56.3 Å². The fourth-order valence-electron chi connectivity index (χ4n) is 3.58. The maximum Gasteiger partial charge on any atom is 0.320 e. The van der Waals surface area contributed by atoms with Crippen LogP contribution in [-0.2, 0) is 11.3 Å². The van der Waals surface area contributed by atoms with Crippen molar-refractivity contribution >= 4 is 28.5 Å². The smallest absolute Gasteiger partial charge is 0.320 e. The molecule has 2 unspecified atom stereocenters. The van der Waals surface area contributed by atoms with Crippen molar-refractivity contribution in [3.8, 4) is 0 Å². The highest BCUT2D eigenvalue weighted by Crippen LogP contribution is 2.19. The number of aromatic nitrogens is 2. The predicted octanol–water partition coefficient (Wildman–Crippen LogP) is 2.62. The van der Waals surface area contributed by atoms with Gasteiger partial charge in [0.1, 0.15) is 5.82 Å². The molecule has 2 atom stereocenters. The summed E-state index contributed by atoms with van der Waals surface area (Å²) in [6, 6.07) is 15.5. The van der Waals surface area contributed by atoms with Crippen molar-refractivity contribution in [2.75, 3.05) is 5.32 Å². The number of hydrogen-bond acceptors (Lipinski definition) is 4. The summed E-state index contributed by atoms with van der Waals surface area (Å²) in [6.45, 7) is 4.17. The molecular weight excluding hydrogens is 368 g/mol. The van der Waals surface area contributed by atoms with Gasteiger partial charge in [-0.25, -0.2) is 9.48 Å². The van der Waals surface area contributed by atoms with Crippen molar-refractivity contribution < 1.29 is 9.59 Å². The highest BCUT2D eigenvalue weighted by atomic mass is 16.2. The summed E-state index contributed by atoms with van der Waals surface area (Å²) in [7, 11) is 0. The maximum atomic E-state index is 12.5. The van der Waals surface area contributed by atoms with Gasteiger partial charge in [0.2, 0.25) is 5.91 Å². The lowest BCUT2D eigenvalue weighted by Gasteiger charge is -2.30. The van der Waals surface area contributed by atoms with Gasteiger partial charge in [0.05, 0.1) is 5.69 Å². The van der Waals surface area contributed by atoms with Gasteiger partial charge in [0.15, 0.2) is 6.29 Å². The molecular formula is C21H24N6O2. The molecule has 3 amide bonds. The third-order valence-electron chi connectivity index (χ3n) is 4.90. The zero-order valence-electron chi connectivity index (χ0n) is 16.4. The molecule has 1 aliphatic rings. The Morgan fingerprint density at radius 3 is 2.86 bits per heavy atom. The van der Waals surface area contributed by atoms with Crippen molar-refractivity contribution in [1.29, 1.82) is 0 Å². The van der Waals surface area contributed by atoms with Crippen LogP contribution in [0.1, 0.15) is 30.9 Å². The average molecular weight is 392 g/mol. The molecule has 1 aromatic heterocycles. The van der Waals surface area contributed by atoms with Crippen LogP contribution in [0.2, 0.25) is 0 Å². The molecule has 0 saturated carbocycles. The zero-order chi connectivity index (χ0) is 20.4. The van der Waals surface area contributed by atoms with Gasteiger partial charge in [-0.05, 0) is 30.2 Å². The Morgan fingerprint density at radius 1 is 1.24 bits per heavy atom. The number of nitrogens with one attached hydrogen (secondary N) is 4. The number of rotatable bonds is 4. The van der Waals surface area contributed by atoms with Crippen LogP contribution in [0.15, 0.2) is 48.5 Å². The normalized spacial score (nSPS) is 19.0. The van der Waals surface area contributed by atoms with Crippen LogP contribution in [-0.4, -0.2) is 27.8 Å². The lowest BCUT2D eigenvalue weighted by Crippen LogP contribution is -2.52. The SMILES string of the molecule is Cc1cc(NC(=O)NCc2cccc3ccccc23)n(C2NC(=O)CC(C)N2)n1. The minimum absolute atomic E-state index is 0.0197.